The molecule has 4 aromatic rings. The zero-order chi connectivity index (χ0) is 22.2. The molecule has 31 heavy (non-hydrogen) atoms. The minimum atomic E-state index is -0.751. The number of fused-ring (bicyclic) bond motifs is 1. The van der Waals surface area contributed by atoms with Gasteiger partial charge in [-0.05, 0) is 67.9 Å². The van der Waals surface area contributed by atoms with Crippen LogP contribution >= 0.6 is 15.9 Å². The third-order valence-corrected chi connectivity index (χ3v) is 5.64. The van der Waals surface area contributed by atoms with Crippen LogP contribution in [0.1, 0.15) is 19.4 Å². The molecule has 7 heteroatoms. The molecular formula is C24H20BrFN2O3. The van der Waals surface area contributed by atoms with E-state index in [0.717, 1.165) is 26.6 Å². The standard InChI is InChI=1S/C24H20BrFN2O3/c1-24(2,23(29)30-3)15-4-8-18(9-5-15)28-21-12-16(25)13-22(20(21)14-27-28)31-19-10-6-17(26)7-11-19/h4-14H,1-3H3. The monoisotopic (exact) mass is 482 g/mol. The molecule has 0 aliphatic rings. The molecule has 0 unspecified atom stereocenters. The summed E-state index contributed by atoms with van der Waals surface area (Å²) in [6.07, 6.45) is 1.73. The zero-order valence-corrected chi connectivity index (χ0v) is 18.8. The number of methoxy groups -OCH3 is 1. The zero-order valence-electron chi connectivity index (χ0n) is 17.2. The Morgan fingerprint density at radius 3 is 2.39 bits per heavy atom. The van der Waals surface area contributed by atoms with Gasteiger partial charge in [-0.1, -0.05) is 28.1 Å². The molecule has 0 saturated heterocycles. The van der Waals surface area contributed by atoms with E-state index in [-0.39, 0.29) is 11.8 Å². The van der Waals surface area contributed by atoms with Crippen molar-refractivity contribution in [2.24, 2.45) is 0 Å². The van der Waals surface area contributed by atoms with Crippen molar-refractivity contribution in [1.82, 2.24) is 9.78 Å². The number of hydrogen-bond acceptors (Lipinski definition) is 4. The van der Waals surface area contributed by atoms with Crippen LogP contribution in [0.15, 0.2) is 71.3 Å². The highest BCUT2D eigenvalue weighted by atomic mass is 79.9. The Bertz CT molecular complexity index is 1250. The van der Waals surface area contributed by atoms with E-state index in [4.69, 9.17) is 9.47 Å². The third kappa shape index (κ3) is 4.05. The largest absolute Gasteiger partial charge is 0.468 e. The van der Waals surface area contributed by atoms with Gasteiger partial charge in [0.1, 0.15) is 17.3 Å². The lowest BCUT2D eigenvalue weighted by atomic mass is 9.85. The first kappa shape index (κ1) is 21.1. The van der Waals surface area contributed by atoms with Gasteiger partial charge in [0.2, 0.25) is 0 Å². The van der Waals surface area contributed by atoms with Crippen LogP contribution in [-0.4, -0.2) is 22.9 Å². The molecule has 0 bridgehead atoms. The molecule has 3 aromatic carbocycles. The first-order chi connectivity index (χ1) is 14.8. The van der Waals surface area contributed by atoms with Crippen molar-refractivity contribution >= 4 is 32.8 Å². The SMILES string of the molecule is COC(=O)C(C)(C)c1ccc(-n2ncc3c(Oc4ccc(F)cc4)cc(Br)cc32)cc1. The minimum Gasteiger partial charge on any atom is -0.468 e. The van der Waals surface area contributed by atoms with Crippen molar-refractivity contribution in [2.45, 2.75) is 19.3 Å². The molecule has 1 aromatic heterocycles. The van der Waals surface area contributed by atoms with Gasteiger partial charge < -0.3 is 9.47 Å². The van der Waals surface area contributed by atoms with Gasteiger partial charge in [0.25, 0.3) is 0 Å². The summed E-state index contributed by atoms with van der Waals surface area (Å²) in [5, 5.41) is 5.34. The number of esters is 1. The molecule has 0 amide bonds. The number of aromatic nitrogens is 2. The van der Waals surface area contributed by atoms with Crippen molar-refractivity contribution in [1.29, 1.82) is 0 Å². The quantitative estimate of drug-likeness (QED) is 0.319. The maximum absolute atomic E-state index is 13.2. The molecule has 0 aliphatic heterocycles. The summed E-state index contributed by atoms with van der Waals surface area (Å²) in [7, 11) is 1.39. The van der Waals surface area contributed by atoms with Crippen molar-refractivity contribution in [3.8, 4) is 17.2 Å². The summed E-state index contributed by atoms with van der Waals surface area (Å²) >= 11 is 3.53. The Labute approximate surface area is 187 Å². The Morgan fingerprint density at radius 2 is 1.74 bits per heavy atom. The van der Waals surface area contributed by atoms with Crippen LogP contribution in [0.5, 0.6) is 11.5 Å². The van der Waals surface area contributed by atoms with Crippen LogP contribution in [-0.2, 0) is 14.9 Å². The van der Waals surface area contributed by atoms with E-state index in [0.29, 0.717) is 11.5 Å². The fourth-order valence-electron chi connectivity index (χ4n) is 3.37. The molecular weight excluding hydrogens is 463 g/mol. The summed E-state index contributed by atoms with van der Waals surface area (Å²) in [5.41, 5.74) is 1.77. The van der Waals surface area contributed by atoms with Crippen molar-refractivity contribution in [2.75, 3.05) is 7.11 Å². The highest BCUT2D eigenvalue weighted by Crippen LogP contribution is 2.35. The molecule has 0 spiro atoms. The summed E-state index contributed by atoms with van der Waals surface area (Å²) in [6.45, 7) is 3.65. The molecule has 0 N–H and O–H groups in total. The lowest BCUT2D eigenvalue weighted by molar-refractivity contribution is -0.146. The fourth-order valence-corrected chi connectivity index (χ4v) is 3.80. The molecule has 0 radical (unpaired) electrons. The lowest BCUT2D eigenvalue weighted by Gasteiger charge is -2.22. The average Bonchev–Trinajstić information content (AvgIpc) is 3.18. The van der Waals surface area contributed by atoms with Crippen LogP contribution in [0.4, 0.5) is 4.39 Å². The number of carbonyl (C=O) groups is 1. The molecule has 158 valence electrons. The van der Waals surface area contributed by atoms with Crippen LogP contribution in [0.2, 0.25) is 0 Å². The number of halogens is 2. The number of carbonyl (C=O) groups excluding carboxylic acids is 1. The minimum absolute atomic E-state index is 0.295. The van der Waals surface area contributed by atoms with E-state index in [2.05, 4.69) is 21.0 Å². The van der Waals surface area contributed by atoms with Crippen LogP contribution in [0, 0.1) is 5.82 Å². The molecule has 0 aliphatic carbocycles. The second-order valence-corrected chi connectivity index (χ2v) is 8.53. The Hall–Kier alpha value is -3.19. The Balaban J connectivity index is 1.72. The van der Waals surface area contributed by atoms with Gasteiger partial charge in [-0.2, -0.15) is 5.10 Å². The van der Waals surface area contributed by atoms with E-state index < -0.39 is 5.41 Å². The third-order valence-electron chi connectivity index (χ3n) is 5.19. The van der Waals surface area contributed by atoms with Crippen molar-refractivity contribution in [3.63, 3.8) is 0 Å². The van der Waals surface area contributed by atoms with Gasteiger partial charge in [-0.25, -0.2) is 9.07 Å². The van der Waals surface area contributed by atoms with Crippen molar-refractivity contribution in [3.05, 3.63) is 82.7 Å². The number of ether oxygens (including phenoxy) is 2. The van der Waals surface area contributed by atoms with Crippen LogP contribution in [0.25, 0.3) is 16.6 Å². The van der Waals surface area contributed by atoms with Crippen LogP contribution in [0.3, 0.4) is 0 Å². The fraction of sp³-hybridized carbons (Fsp3) is 0.167. The van der Waals surface area contributed by atoms with Gasteiger partial charge in [0, 0.05) is 4.47 Å². The van der Waals surface area contributed by atoms with Gasteiger partial charge in [0.15, 0.2) is 0 Å². The molecule has 5 nitrogen and oxygen atoms in total. The van der Waals surface area contributed by atoms with Gasteiger partial charge >= 0.3 is 5.97 Å². The van der Waals surface area contributed by atoms with E-state index in [1.54, 1.807) is 23.0 Å². The average molecular weight is 483 g/mol. The smallest absolute Gasteiger partial charge is 0.315 e. The molecule has 0 fully saturated rings. The topological polar surface area (TPSA) is 53.4 Å². The Morgan fingerprint density at radius 1 is 1.06 bits per heavy atom. The summed E-state index contributed by atoms with van der Waals surface area (Å²) < 4.78 is 26.7. The first-order valence-corrected chi connectivity index (χ1v) is 10.4. The number of rotatable bonds is 5. The van der Waals surface area contributed by atoms with Crippen LogP contribution < -0.4 is 4.74 Å². The maximum Gasteiger partial charge on any atom is 0.315 e. The number of benzene rings is 3. The molecule has 4 rings (SSSR count). The van der Waals surface area contributed by atoms with Crippen molar-refractivity contribution < 1.29 is 18.7 Å². The molecule has 0 atom stereocenters. The number of nitrogens with zero attached hydrogens (tertiary/aromatic N) is 2. The predicted molar refractivity (Wildman–Crippen MR) is 120 cm³/mol. The van der Waals surface area contributed by atoms with E-state index >= 15 is 0 Å². The summed E-state index contributed by atoms with van der Waals surface area (Å²) in [5.74, 6) is 0.517. The molecule has 0 saturated carbocycles. The Kier molecular flexibility index (Phi) is 5.54. The predicted octanol–water partition coefficient (Wildman–Crippen LogP) is 6.17. The first-order valence-electron chi connectivity index (χ1n) is 9.59. The highest BCUT2D eigenvalue weighted by Gasteiger charge is 2.30. The normalized spacial score (nSPS) is 11.5. The van der Waals surface area contributed by atoms with Gasteiger partial charge in [-0.3, -0.25) is 4.79 Å². The van der Waals surface area contributed by atoms with E-state index in [1.807, 2.05) is 50.2 Å². The van der Waals surface area contributed by atoms with E-state index in [9.17, 15) is 9.18 Å². The second-order valence-electron chi connectivity index (χ2n) is 7.61. The summed E-state index contributed by atoms with van der Waals surface area (Å²) in [4.78, 5) is 12.1. The lowest BCUT2D eigenvalue weighted by Crippen LogP contribution is -2.30. The second kappa shape index (κ2) is 8.15. The highest BCUT2D eigenvalue weighted by molar-refractivity contribution is 9.10. The van der Waals surface area contributed by atoms with Gasteiger partial charge in [-0.15, -0.1) is 0 Å². The summed E-state index contributed by atoms with van der Waals surface area (Å²) in [6, 6.07) is 17.3. The molecule has 1 heterocycles. The van der Waals surface area contributed by atoms with Gasteiger partial charge in [0.05, 0.1) is 35.3 Å². The number of hydrogen-bond donors (Lipinski definition) is 0. The van der Waals surface area contributed by atoms with E-state index in [1.165, 1.54) is 19.2 Å². The maximum atomic E-state index is 13.2.